The molecule has 4 heteroatoms. The van der Waals surface area contributed by atoms with Gasteiger partial charge in [0, 0.05) is 22.3 Å². The van der Waals surface area contributed by atoms with Gasteiger partial charge >= 0.3 is 0 Å². The van der Waals surface area contributed by atoms with Crippen LogP contribution in [-0.4, -0.2) is 16.5 Å². The SMILES string of the molecule is CCc1nc(-c2ccccc2Br)nc2c1CCNC2. The molecule has 0 saturated carbocycles. The van der Waals surface area contributed by atoms with Crippen molar-refractivity contribution in [1.82, 2.24) is 15.3 Å². The first-order chi connectivity index (χ1) is 9.29. The van der Waals surface area contributed by atoms with Crippen LogP contribution in [-0.2, 0) is 19.4 Å². The molecule has 0 radical (unpaired) electrons. The van der Waals surface area contributed by atoms with E-state index in [1.807, 2.05) is 18.2 Å². The molecule has 3 nitrogen and oxygen atoms in total. The summed E-state index contributed by atoms with van der Waals surface area (Å²) in [6.07, 6.45) is 2.00. The number of aryl methyl sites for hydroxylation is 1. The maximum atomic E-state index is 4.77. The van der Waals surface area contributed by atoms with Gasteiger partial charge in [-0.3, -0.25) is 0 Å². The van der Waals surface area contributed by atoms with Crippen LogP contribution in [0, 0.1) is 0 Å². The summed E-state index contributed by atoms with van der Waals surface area (Å²) in [6, 6.07) is 8.12. The lowest BCUT2D eigenvalue weighted by molar-refractivity contribution is 0.617. The summed E-state index contributed by atoms with van der Waals surface area (Å²) < 4.78 is 1.04. The van der Waals surface area contributed by atoms with E-state index in [9.17, 15) is 0 Å². The third kappa shape index (κ3) is 2.42. The highest BCUT2D eigenvalue weighted by Crippen LogP contribution is 2.27. The Morgan fingerprint density at radius 2 is 2.11 bits per heavy atom. The average molecular weight is 318 g/mol. The Labute approximate surface area is 121 Å². The number of hydrogen-bond donors (Lipinski definition) is 1. The standard InChI is InChI=1S/C15H16BrN3/c1-2-13-11-7-8-17-9-14(11)19-15(18-13)10-5-3-4-6-12(10)16/h3-6,17H,2,7-9H2,1H3. The first-order valence-corrected chi connectivity index (χ1v) is 7.43. The fourth-order valence-electron chi connectivity index (χ4n) is 2.49. The Morgan fingerprint density at radius 1 is 1.26 bits per heavy atom. The van der Waals surface area contributed by atoms with Crippen LogP contribution in [0.4, 0.5) is 0 Å². The average Bonchev–Trinajstić information content (AvgIpc) is 2.46. The summed E-state index contributed by atoms with van der Waals surface area (Å²) in [4.78, 5) is 9.52. The summed E-state index contributed by atoms with van der Waals surface area (Å²) >= 11 is 3.58. The molecule has 1 aromatic carbocycles. The molecule has 1 aliphatic heterocycles. The smallest absolute Gasteiger partial charge is 0.160 e. The largest absolute Gasteiger partial charge is 0.311 e. The lowest BCUT2D eigenvalue weighted by atomic mass is 10.0. The second-order valence-corrected chi connectivity index (χ2v) is 5.53. The normalized spacial score (nSPS) is 14.2. The summed E-state index contributed by atoms with van der Waals surface area (Å²) in [7, 11) is 0. The minimum Gasteiger partial charge on any atom is -0.311 e. The molecule has 3 rings (SSSR count). The highest BCUT2D eigenvalue weighted by atomic mass is 79.9. The molecule has 0 atom stereocenters. The molecular formula is C15H16BrN3. The minimum absolute atomic E-state index is 0.826. The van der Waals surface area contributed by atoms with Crippen molar-refractivity contribution >= 4 is 15.9 Å². The maximum absolute atomic E-state index is 4.77. The van der Waals surface area contributed by atoms with Gasteiger partial charge in [-0.2, -0.15) is 0 Å². The molecule has 1 aliphatic rings. The van der Waals surface area contributed by atoms with E-state index in [1.165, 1.54) is 11.3 Å². The molecule has 1 aromatic heterocycles. The van der Waals surface area contributed by atoms with Crippen LogP contribution in [0.25, 0.3) is 11.4 Å². The molecule has 2 aromatic rings. The van der Waals surface area contributed by atoms with Crippen LogP contribution in [0.5, 0.6) is 0 Å². The summed E-state index contributed by atoms with van der Waals surface area (Å²) in [5.74, 6) is 0.826. The van der Waals surface area contributed by atoms with Gasteiger partial charge in [0.25, 0.3) is 0 Å². The van der Waals surface area contributed by atoms with Gasteiger partial charge in [0.05, 0.1) is 5.69 Å². The van der Waals surface area contributed by atoms with Crippen molar-refractivity contribution in [3.05, 3.63) is 45.7 Å². The zero-order valence-electron chi connectivity index (χ0n) is 10.9. The molecule has 0 unspecified atom stereocenters. The topological polar surface area (TPSA) is 37.8 Å². The van der Waals surface area contributed by atoms with Crippen LogP contribution in [0.1, 0.15) is 23.9 Å². The number of hydrogen-bond acceptors (Lipinski definition) is 3. The Kier molecular flexibility index (Phi) is 3.62. The molecule has 0 amide bonds. The maximum Gasteiger partial charge on any atom is 0.160 e. The zero-order valence-corrected chi connectivity index (χ0v) is 12.5. The lowest BCUT2D eigenvalue weighted by Crippen LogP contribution is -2.26. The fourth-order valence-corrected chi connectivity index (χ4v) is 2.95. The summed E-state index contributed by atoms with van der Waals surface area (Å²) in [5, 5.41) is 3.38. The molecule has 2 heterocycles. The van der Waals surface area contributed by atoms with Crippen molar-refractivity contribution in [3.63, 3.8) is 0 Å². The molecule has 1 N–H and O–H groups in total. The van der Waals surface area contributed by atoms with Crippen molar-refractivity contribution in [3.8, 4) is 11.4 Å². The van der Waals surface area contributed by atoms with Gasteiger partial charge in [0.15, 0.2) is 5.82 Å². The monoisotopic (exact) mass is 317 g/mol. The van der Waals surface area contributed by atoms with E-state index in [1.54, 1.807) is 0 Å². The minimum atomic E-state index is 0.826. The third-order valence-electron chi connectivity index (χ3n) is 3.47. The van der Waals surface area contributed by atoms with Crippen LogP contribution in [0.15, 0.2) is 28.7 Å². The molecular weight excluding hydrogens is 302 g/mol. The van der Waals surface area contributed by atoms with E-state index in [-0.39, 0.29) is 0 Å². The van der Waals surface area contributed by atoms with Crippen molar-refractivity contribution in [2.45, 2.75) is 26.3 Å². The van der Waals surface area contributed by atoms with Gasteiger partial charge in [0.1, 0.15) is 0 Å². The van der Waals surface area contributed by atoms with Crippen molar-refractivity contribution < 1.29 is 0 Å². The Bertz CT molecular complexity index is 593. The Balaban J connectivity index is 2.15. The molecule has 98 valence electrons. The van der Waals surface area contributed by atoms with Gasteiger partial charge in [-0.1, -0.05) is 41.1 Å². The Morgan fingerprint density at radius 3 is 2.89 bits per heavy atom. The molecule has 0 saturated heterocycles. The van der Waals surface area contributed by atoms with Crippen molar-refractivity contribution in [2.24, 2.45) is 0 Å². The Hall–Kier alpha value is -1.26. The predicted octanol–water partition coefficient (Wildman–Crippen LogP) is 3.11. The van der Waals surface area contributed by atoms with Crippen molar-refractivity contribution in [1.29, 1.82) is 0 Å². The molecule has 0 fully saturated rings. The highest BCUT2D eigenvalue weighted by molar-refractivity contribution is 9.10. The highest BCUT2D eigenvalue weighted by Gasteiger charge is 2.17. The van der Waals surface area contributed by atoms with Crippen LogP contribution in [0.3, 0.4) is 0 Å². The molecule has 0 bridgehead atoms. The number of benzene rings is 1. The van der Waals surface area contributed by atoms with E-state index in [0.29, 0.717) is 0 Å². The molecule has 19 heavy (non-hydrogen) atoms. The number of nitrogens with one attached hydrogen (secondary N) is 1. The first kappa shape index (κ1) is 12.8. The third-order valence-corrected chi connectivity index (χ3v) is 4.16. The number of nitrogens with zero attached hydrogens (tertiary/aromatic N) is 2. The van der Waals surface area contributed by atoms with Gasteiger partial charge in [-0.05, 0) is 31.0 Å². The van der Waals surface area contributed by atoms with Gasteiger partial charge in [-0.15, -0.1) is 0 Å². The zero-order chi connectivity index (χ0) is 13.2. The van der Waals surface area contributed by atoms with E-state index < -0.39 is 0 Å². The summed E-state index contributed by atoms with van der Waals surface area (Å²) in [6.45, 7) is 4.04. The van der Waals surface area contributed by atoms with Gasteiger partial charge in [-0.25, -0.2) is 9.97 Å². The van der Waals surface area contributed by atoms with E-state index in [2.05, 4.69) is 34.2 Å². The number of rotatable bonds is 2. The van der Waals surface area contributed by atoms with Crippen molar-refractivity contribution in [2.75, 3.05) is 6.54 Å². The van der Waals surface area contributed by atoms with Gasteiger partial charge < -0.3 is 5.32 Å². The predicted molar refractivity (Wildman–Crippen MR) is 80.0 cm³/mol. The van der Waals surface area contributed by atoms with E-state index >= 15 is 0 Å². The molecule has 0 spiro atoms. The van der Waals surface area contributed by atoms with Crippen LogP contribution < -0.4 is 5.32 Å². The second kappa shape index (κ2) is 5.39. The van der Waals surface area contributed by atoms with Crippen LogP contribution >= 0.6 is 15.9 Å². The lowest BCUT2D eigenvalue weighted by Gasteiger charge is -2.19. The van der Waals surface area contributed by atoms with E-state index in [4.69, 9.17) is 9.97 Å². The quantitative estimate of drug-likeness (QED) is 0.924. The fraction of sp³-hybridized carbons (Fsp3) is 0.333. The summed E-state index contributed by atoms with van der Waals surface area (Å²) in [5.41, 5.74) is 4.75. The number of halogens is 1. The molecule has 0 aliphatic carbocycles. The van der Waals surface area contributed by atoms with Crippen LogP contribution in [0.2, 0.25) is 0 Å². The first-order valence-electron chi connectivity index (χ1n) is 6.64. The van der Waals surface area contributed by atoms with Gasteiger partial charge in [0.2, 0.25) is 0 Å². The van der Waals surface area contributed by atoms with E-state index in [0.717, 1.165) is 47.5 Å². The number of fused-ring (bicyclic) bond motifs is 1. The second-order valence-electron chi connectivity index (χ2n) is 4.68. The number of aromatic nitrogens is 2.